The standard InChI is InChI=1S/C23H23N3O2/c1-15-12-16(2)25-20-14-18(8-9-19(15)20)23(28)26-11-10-24-22(27)21(26)13-17-6-4-3-5-7-17/h3-9,12,14,21H,10-11,13H2,1-2H3,(H,24,27). The maximum Gasteiger partial charge on any atom is 0.254 e. The minimum Gasteiger partial charge on any atom is -0.353 e. The van der Waals surface area contributed by atoms with Crippen LogP contribution in [0.4, 0.5) is 0 Å². The van der Waals surface area contributed by atoms with E-state index in [0.29, 0.717) is 25.1 Å². The number of carbonyl (C=O) groups is 2. The lowest BCUT2D eigenvalue weighted by molar-refractivity contribution is -0.127. The highest BCUT2D eigenvalue weighted by Gasteiger charge is 2.33. The van der Waals surface area contributed by atoms with Gasteiger partial charge in [-0.05, 0) is 43.2 Å². The van der Waals surface area contributed by atoms with E-state index in [1.54, 1.807) is 4.90 Å². The first kappa shape index (κ1) is 18.2. The molecule has 1 aliphatic rings. The molecule has 1 aromatic heterocycles. The van der Waals surface area contributed by atoms with Gasteiger partial charge < -0.3 is 10.2 Å². The monoisotopic (exact) mass is 373 g/mol. The number of pyridine rings is 1. The molecule has 4 rings (SSSR count). The number of rotatable bonds is 3. The van der Waals surface area contributed by atoms with E-state index in [9.17, 15) is 9.59 Å². The van der Waals surface area contributed by atoms with Crippen molar-refractivity contribution in [3.8, 4) is 0 Å². The molecule has 0 aliphatic carbocycles. The van der Waals surface area contributed by atoms with Crippen LogP contribution in [-0.2, 0) is 11.2 Å². The Balaban J connectivity index is 1.66. The van der Waals surface area contributed by atoms with Crippen molar-refractivity contribution in [3.63, 3.8) is 0 Å². The van der Waals surface area contributed by atoms with Crippen molar-refractivity contribution in [2.75, 3.05) is 13.1 Å². The number of hydrogen-bond acceptors (Lipinski definition) is 3. The Morgan fingerprint density at radius 3 is 2.71 bits per heavy atom. The molecule has 0 spiro atoms. The van der Waals surface area contributed by atoms with E-state index < -0.39 is 6.04 Å². The number of amides is 2. The van der Waals surface area contributed by atoms with Gasteiger partial charge in [-0.2, -0.15) is 0 Å². The van der Waals surface area contributed by atoms with E-state index in [-0.39, 0.29) is 11.8 Å². The molecule has 1 aliphatic heterocycles. The second-order valence-corrected chi connectivity index (χ2v) is 7.31. The molecule has 28 heavy (non-hydrogen) atoms. The summed E-state index contributed by atoms with van der Waals surface area (Å²) in [6, 6.07) is 16.9. The Labute approximate surface area is 164 Å². The van der Waals surface area contributed by atoms with Crippen molar-refractivity contribution >= 4 is 22.7 Å². The Bertz CT molecular complexity index is 1050. The first-order valence-corrected chi connectivity index (χ1v) is 9.53. The molecular weight excluding hydrogens is 350 g/mol. The van der Waals surface area contributed by atoms with Crippen LogP contribution in [0.15, 0.2) is 54.6 Å². The molecule has 1 N–H and O–H groups in total. The number of nitrogens with zero attached hydrogens (tertiary/aromatic N) is 2. The zero-order chi connectivity index (χ0) is 19.7. The molecule has 1 unspecified atom stereocenters. The fourth-order valence-corrected chi connectivity index (χ4v) is 3.87. The molecule has 3 aromatic rings. The molecule has 142 valence electrons. The van der Waals surface area contributed by atoms with Gasteiger partial charge in [0.2, 0.25) is 5.91 Å². The smallest absolute Gasteiger partial charge is 0.254 e. The van der Waals surface area contributed by atoms with Crippen LogP contribution < -0.4 is 5.32 Å². The third-order valence-corrected chi connectivity index (χ3v) is 5.26. The van der Waals surface area contributed by atoms with Crippen LogP contribution in [0.1, 0.15) is 27.2 Å². The molecule has 1 atom stereocenters. The Hall–Kier alpha value is -3.21. The second kappa shape index (κ2) is 7.43. The Kier molecular flexibility index (Phi) is 4.82. The second-order valence-electron chi connectivity index (χ2n) is 7.31. The van der Waals surface area contributed by atoms with Gasteiger partial charge in [0.15, 0.2) is 0 Å². The molecule has 2 aromatic carbocycles. The minimum atomic E-state index is -0.508. The summed E-state index contributed by atoms with van der Waals surface area (Å²) in [5.41, 5.74) is 4.48. The summed E-state index contributed by atoms with van der Waals surface area (Å²) < 4.78 is 0. The van der Waals surface area contributed by atoms with E-state index >= 15 is 0 Å². The van der Waals surface area contributed by atoms with Gasteiger partial charge in [0.05, 0.1) is 5.52 Å². The maximum absolute atomic E-state index is 13.3. The molecule has 0 saturated carbocycles. The molecule has 1 fully saturated rings. The van der Waals surface area contributed by atoms with Gasteiger partial charge in [0.1, 0.15) is 6.04 Å². The van der Waals surface area contributed by atoms with Crippen molar-refractivity contribution in [1.29, 1.82) is 0 Å². The molecule has 1 saturated heterocycles. The Morgan fingerprint density at radius 1 is 1.14 bits per heavy atom. The number of aryl methyl sites for hydroxylation is 2. The summed E-state index contributed by atoms with van der Waals surface area (Å²) in [6.45, 7) is 4.97. The largest absolute Gasteiger partial charge is 0.353 e. The van der Waals surface area contributed by atoms with Crippen LogP contribution in [0.5, 0.6) is 0 Å². The molecule has 0 bridgehead atoms. The Morgan fingerprint density at radius 2 is 1.93 bits per heavy atom. The van der Waals surface area contributed by atoms with Crippen LogP contribution in [0.2, 0.25) is 0 Å². The van der Waals surface area contributed by atoms with Gasteiger partial charge in [-0.15, -0.1) is 0 Å². The van der Waals surface area contributed by atoms with Crippen LogP contribution in [0.3, 0.4) is 0 Å². The number of carbonyl (C=O) groups excluding carboxylic acids is 2. The number of piperazine rings is 1. The summed E-state index contributed by atoms with van der Waals surface area (Å²) in [4.78, 5) is 32.1. The number of benzene rings is 2. The topological polar surface area (TPSA) is 62.3 Å². The third-order valence-electron chi connectivity index (χ3n) is 5.26. The number of aromatic nitrogens is 1. The third kappa shape index (κ3) is 3.48. The zero-order valence-electron chi connectivity index (χ0n) is 16.1. The van der Waals surface area contributed by atoms with Crippen LogP contribution in [0, 0.1) is 13.8 Å². The fraction of sp³-hybridized carbons (Fsp3) is 0.261. The number of nitrogens with one attached hydrogen (secondary N) is 1. The summed E-state index contributed by atoms with van der Waals surface area (Å²) in [6.07, 6.45) is 0.502. The lowest BCUT2D eigenvalue weighted by atomic mass is 10.0. The SMILES string of the molecule is Cc1cc(C)c2ccc(C(=O)N3CCNC(=O)C3Cc3ccccc3)cc2n1. The van der Waals surface area contributed by atoms with Crippen LogP contribution in [-0.4, -0.2) is 40.8 Å². The normalized spacial score (nSPS) is 16.9. The maximum atomic E-state index is 13.3. The summed E-state index contributed by atoms with van der Waals surface area (Å²) >= 11 is 0. The minimum absolute atomic E-state index is 0.103. The molecule has 5 nitrogen and oxygen atoms in total. The van der Waals surface area contributed by atoms with Crippen molar-refractivity contribution in [3.05, 3.63) is 77.0 Å². The highest BCUT2D eigenvalue weighted by Crippen LogP contribution is 2.22. The molecule has 2 amide bonds. The summed E-state index contributed by atoms with van der Waals surface area (Å²) in [5.74, 6) is -0.229. The van der Waals surface area contributed by atoms with Gasteiger partial charge in [-0.1, -0.05) is 36.4 Å². The molecular formula is C23H23N3O2. The van der Waals surface area contributed by atoms with Crippen molar-refractivity contribution in [2.45, 2.75) is 26.3 Å². The first-order valence-electron chi connectivity index (χ1n) is 9.53. The van der Waals surface area contributed by atoms with E-state index in [2.05, 4.69) is 10.3 Å². The van der Waals surface area contributed by atoms with E-state index in [1.807, 2.05) is 68.4 Å². The summed E-state index contributed by atoms with van der Waals surface area (Å²) in [7, 11) is 0. The van der Waals surface area contributed by atoms with Crippen molar-refractivity contribution in [2.24, 2.45) is 0 Å². The zero-order valence-corrected chi connectivity index (χ0v) is 16.1. The number of fused-ring (bicyclic) bond motifs is 1. The predicted molar refractivity (Wildman–Crippen MR) is 109 cm³/mol. The van der Waals surface area contributed by atoms with Crippen LogP contribution in [0.25, 0.3) is 10.9 Å². The molecule has 2 heterocycles. The van der Waals surface area contributed by atoms with Gasteiger partial charge in [0, 0.05) is 36.2 Å². The first-order chi connectivity index (χ1) is 13.5. The van der Waals surface area contributed by atoms with Crippen LogP contribution >= 0.6 is 0 Å². The van der Waals surface area contributed by atoms with Crippen molar-refractivity contribution in [1.82, 2.24) is 15.2 Å². The van der Waals surface area contributed by atoms with Crippen molar-refractivity contribution < 1.29 is 9.59 Å². The number of hydrogen-bond donors (Lipinski definition) is 1. The van der Waals surface area contributed by atoms with E-state index in [4.69, 9.17) is 0 Å². The van der Waals surface area contributed by atoms with Gasteiger partial charge >= 0.3 is 0 Å². The highest BCUT2D eigenvalue weighted by molar-refractivity contribution is 6.01. The van der Waals surface area contributed by atoms with Gasteiger partial charge in [-0.3, -0.25) is 14.6 Å². The van der Waals surface area contributed by atoms with Gasteiger partial charge in [-0.25, -0.2) is 0 Å². The molecule has 5 heteroatoms. The van der Waals surface area contributed by atoms with Gasteiger partial charge in [0.25, 0.3) is 5.91 Å². The average Bonchev–Trinajstić information content (AvgIpc) is 2.69. The molecule has 0 radical (unpaired) electrons. The van der Waals surface area contributed by atoms with E-state index in [0.717, 1.165) is 27.7 Å². The lowest BCUT2D eigenvalue weighted by Gasteiger charge is -2.35. The average molecular weight is 373 g/mol. The fourth-order valence-electron chi connectivity index (χ4n) is 3.87. The predicted octanol–water partition coefficient (Wildman–Crippen LogP) is 3.03. The lowest BCUT2D eigenvalue weighted by Crippen LogP contribution is -2.58. The highest BCUT2D eigenvalue weighted by atomic mass is 16.2. The quantitative estimate of drug-likeness (QED) is 0.768. The van der Waals surface area contributed by atoms with E-state index in [1.165, 1.54) is 0 Å². The summed E-state index contributed by atoms with van der Waals surface area (Å²) in [5, 5.41) is 3.93.